The average molecular weight is 366 g/mol. The minimum atomic E-state index is -1.14. The predicted octanol–water partition coefficient (Wildman–Crippen LogP) is 1.72. The Hall–Kier alpha value is -3.35. The highest BCUT2D eigenvalue weighted by Crippen LogP contribution is 2.44. The molecule has 0 aromatic heterocycles. The lowest BCUT2D eigenvalue weighted by molar-refractivity contribution is -0.142. The molecule has 2 aliphatic rings. The number of hydrogen-bond acceptors (Lipinski definition) is 4. The Bertz CT molecular complexity index is 881. The molecule has 1 aliphatic heterocycles. The van der Waals surface area contributed by atoms with E-state index < -0.39 is 29.9 Å². The number of rotatable bonds is 4. The second-order valence-corrected chi connectivity index (χ2v) is 6.64. The number of ether oxygens (including phenoxy) is 1. The van der Waals surface area contributed by atoms with Crippen molar-refractivity contribution in [3.8, 4) is 11.1 Å². The number of aliphatic carboxylic acids is 1. The number of alkyl carbamates (subject to hydrolysis) is 1. The van der Waals surface area contributed by atoms with Crippen LogP contribution >= 0.6 is 0 Å². The summed E-state index contributed by atoms with van der Waals surface area (Å²) in [5, 5.41) is 14.0. The predicted molar refractivity (Wildman–Crippen MR) is 96.1 cm³/mol. The topological polar surface area (TPSA) is 105 Å². The maximum Gasteiger partial charge on any atom is 0.407 e. The highest BCUT2D eigenvalue weighted by atomic mass is 16.5. The third kappa shape index (κ3) is 3.01. The van der Waals surface area contributed by atoms with Gasteiger partial charge in [0.25, 0.3) is 0 Å². The van der Waals surface area contributed by atoms with Gasteiger partial charge in [-0.05, 0) is 22.3 Å². The molecule has 4 rings (SSSR count). The Morgan fingerprint density at radius 2 is 1.67 bits per heavy atom. The van der Waals surface area contributed by atoms with E-state index >= 15 is 0 Å². The second kappa shape index (κ2) is 6.75. The third-order valence-corrected chi connectivity index (χ3v) is 5.12. The monoisotopic (exact) mass is 366 g/mol. The Kier molecular flexibility index (Phi) is 4.27. The highest BCUT2D eigenvalue weighted by molar-refractivity contribution is 5.93. The van der Waals surface area contributed by atoms with Gasteiger partial charge in [0.1, 0.15) is 18.6 Å². The number of carbonyl (C=O) groups excluding carboxylic acids is 2. The van der Waals surface area contributed by atoms with E-state index in [1.54, 1.807) is 0 Å². The zero-order valence-corrected chi connectivity index (χ0v) is 14.3. The zero-order valence-electron chi connectivity index (χ0n) is 14.3. The molecular weight excluding hydrogens is 348 g/mol. The van der Waals surface area contributed by atoms with Crippen LogP contribution in [-0.2, 0) is 14.3 Å². The minimum absolute atomic E-state index is 0.0114. The summed E-state index contributed by atoms with van der Waals surface area (Å²) >= 11 is 0. The van der Waals surface area contributed by atoms with Crippen LogP contribution in [0.2, 0.25) is 0 Å². The molecule has 27 heavy (non-hydrogen) atoms. The quantitative estimate of drug-likeness (QED) is 0.764. The van der Waals surface area contributed by atoms with Gasteiger partial charge in [0, 0.05) is 12.5 Å². The van der Waals surface area contributed by atoms with E-state index in [0.29, 0.717) is 0 Å². The van der Waals surface area contributed by atoms with Gasteiger partial charge in [-0.1, -0.05) is 48.5 Å². The Balaban J connectivity index is 1.47. The molecule has 1 heterocycles. The fraction of sp³-hybridized carbons (Fsp3) is 0.250. The average Bonchev–Trinajstić information content (AvgIpc) is 3.19. The molecule has 2 unspecified atom stereocenters. The van der Waals surface area contributed by atoms with Crippen LogP contribution in [0.3, 0.4) is 0 Å². The lowest BCUT2D eigenvalue weighted by atomic mass is 9.98. The number of amides is 2. The number of carboxylic acids is 1. The fourth-order valence-corrected chi connectivity index (χ4v) is 3.78. The molecule has 2 aromatic rings. The summed E-state index contributed by atoms with van der Waals surface area (Å²) in [6.45, 7) is 0.0917. The first-order valence-corrected chi connectivity index (χ1v) is 8.68. The Morgan fingerprint density at radius 1 is 1.07 bits per heavy atom. The molecule has 1 aliphatic carbocycles. The molecule has 138 valence electrons. The second-order valence-electron chi connectivity index (χ2n) is 6.64. The van der Waals surface area contributed by atoms with Gasteiger partial charge in [-0.15, -0.1) is 0 Å². The van der Waals surface area contributed by atoms with Gasteiger partial charge in [0.15, 0.2) is 0 Å². The summed E-state index contributed by atoms with van der Waals surface area (Å²) in [6, 6.07) is 14.8. The van der Waals surface area contributed by atoms with Crippen molar-refractivity contribution in [2.24, 2.45) is 5.92 Å². The Labute approximate surface area is 155 Å². The summed E-state index contributed by atoms with van der Waals surface area (Å²) in [6.07, 6.45) is -0.801. The zero-order chi connectivity index (χ0) is 19.0. The SMILES string of the molecule is O=C(NC1C(=O)NCC1C(=O)O)OCC1c2ccccc2-c2ccccc21. The van der Waals surface area contributed by atoms with Crippen molar-refractivity contribution in [3.05, 3.63) is 59.7 Å². The third-order valence-electron chi connectivity index (χ3n) is 5.12. The number of hydrogen-bond donors (Lipinski definition) is 3. The van der Waals surface area contributed by atoms with Gasteiger partial charge in [0.05, 0.1) is 0 Å². The van der Waals surface area contributed by atoms with E-state index in [2.05, 4.69) is 10.6 Å². The van der Waals surface area contributed by atoms with Crippen molar-refractivity contribution < 1.29 is 24.2 Å². The number of carbonyl (C=O) groups is 3. The van der Waals surface area contributed by atoms with Crippen LogP contribution in [0, 0.1) is 5.92 Å². The number of benzene rings is 2. The summed E-state index contributed by atoms with van der Waals surface area (Å²) in [4.78, 5) is 35.2. The van der Waals surface area contributed by atoms with E-state index in [0.717, 1.165) is 22.3 Å². The van der Waals surface area contributed by atoms with Crippen LogP contribution in [-0.4, -0.2) is 42.3 Å². The molecule has 2 amide bonds. The van der Waals surface area contributed by atoms with E-state index in [-0.39, 0.29) is 19.1 Å². The van der Waals surface area contributed by atoms with E-state index in [4.69, 9.17) is 9.84 Å². The summed E-state index contributed by atoms with van der Waals surface area (Å²) in [5.41, 5.74) is 4.38. The number of nitrogens with one attached hydrogen (secondary N) is 2. The molecule has 2 aromatic carbocycles. The summed E-state index contributed by atoms with van der Waals surface area (Å²) in [7, 11) is 0. The molecule has 0 spiro atoms. The van der Waals surface area contributed by atoms with Crippen molar-refractivity contribution in [2.45, 2.75) is 12.0 Å². The van der Waals surface area contributed by atoms with Crippen LogP contribution in [0.4, 0.5) is 4.79 Å². The molecule has 3 N–H and O–H groups in total. The standard InChI is InChI=1S/C20H18N2O5/c23-18-17(15(9-21-18)19(24)25)22-20(26)27-10-16-13-7-3-1-5-11(13)12-6-2-4-8-14(12)16/h1-8,15-17H,9-10H2,(H,21,23)(H,22,26)(H,24,25). The van der Waals surface area contributed by atoms with Crippen LogP contribution in [0.25, 0.3) is 11.1 Å². The van der Waals surface area contributed by atoms with Gasteiger partial charge in [0.2, 0.25) is 5.91 Å². The van der Waals surface area contributed by atoms with Crippen LogP contribution in [0.1, 0.15) is 17.0 Å². The first-order valence-electron chi connectivity index (χ1n) is 8.68. The van der Waals surface area contributed by atoms with Crippen molar-refractivity contribution in [3.63, 3.8) is 0 Å². The molecule has 2 atom stereocenters. The molecule has 1 saturated heterocycles. The Morgan fingerprint density at radius 3 is 2.26 bits per heavy atom. The summed E-state index contributed by atoms with van der Waals surface area (Å²) < 4.78 is 5.36. The molecule has 0 bridgehead atoms. The number of fused-ring (bicyclic) bond motifs is 3. The lowest BCUT2D eigenvalue weighted by Crippen LogP contribution is -2.46. The lowest BCUT2D eigenvalue weighted by Gasteiger charge is -2.17. The molecule has 0 saturated carbocycles. The van der Waals surface area contributed by atoms with Crippen molar-refractivity contribution >= 4 is 18.0 Å². The van der Waals surface area contributed by atoms with Crippen molar-refractivity contribution in [1.82, 2.24) is 10.6 Å². The largest absolute Gasteiger partial charge is 0.481 e. The van der Waals surface area contributed by atoms with Gasteiger partial charge >= 0.3 is 12.1 Å². The van der Waals surface area contributed by atoms with Gasteiger partial charge in [-0.2, -0.15) is 0 Å². The van der Waals surface area contributed by atoms with Crippen LogP contribution in [0.15, 0.2) is 48.5 Å². The molecular formula is C20H18N2O5. The maximum atomic E-state index is 12.2. The minimum Gasteiger partial charge on any atom is -0.481 e. The fourth-order valence-electron chi connectivity index (χ4n) is 3.78. The van der Waals surface area contributed by atoms with Gasteiger partial charge < -0.3 is 20.5 Å². The first-order chi connectivity index (χ1) is 13.1. The smallest absolute Gasteiger partial charge is 0.407 e. The first kappa shape index (κ1) is 17.1. The summed E-state index contributed by atoms with van der Waals surface area (Å²) in [5.74, 6) is -2.76. The van der Waals surface area contributed by atoms with E-state index in [1.165, 1.54) is 0 Å². The maximum absolute atomic E-state index is 12.2. The number of carboxylic acid groups (broad SMARTS) is 1. The van der Waals surface area contributed by atoms with Crippen LogP contribution in [0.5, 0.6) is 0 Å². The normalized spacial score (nSPS) is 20.5. The molecule has 0 radical (unpaired) electrons. The van der Waals surface area contributed by atoms with Gasteiger partial charge in [-0.25, -0.2) is 4.79 Å². The highest BCUT2D eigenvalue weighted by Gasteiger charge is 2.41. The van der Waals surface area contributed by atoms with Crippen molar-refractivity contribution in [1.29, 1.82) is 0 Å². The molecule has 1 fully saturated rings. The van der Waals surface area contributed by atoms with E-state index in [1.807, 2.05) is 48.5 Å². The van der Waals surface area contributed by atoms with E-state index in [9.17, 15) is 14.4 Å². The van der Waals surface area contributed by atoms with Gasteiger partial charge in [-0.3, -0.25) is 9.59 Å². The van der Waals surface area contributed by atoms with Crippen LogP contribution < -0.4 is 10.6 Å². The molecule has 7 heteroatoms. The van der Waals surface area contributed by atoms with Crippen molar-refractivity contribution in [2.75, 3.05) is 13.2 Å². The molecule has 7 nitrogen and oxygen atoms in total.